The number of carbonyl (C=O) groups is 7. The van der Waals surface area contributed by atoms with Gasteiger partial charge in [0.2, 0.25) is 0 Å². The summed E-state index contributed by atoms with van der Waals surface area (Å²) in [6, 6.07) is 0. The van der Waals surface area contributed by atoms with Gasteiger partial charge in [0.05, 0.1) is 6.61 Å². The highest BCUT2D eigenvalue weighted by molar-refractivity contribution is 5.69. The second-order valence-electron chi connectivity index (χ2n) is 10.3. The van der Waals surface area contributed by atoms with Crippen molar-refractivity contribution in [1.29, 1.82) is 0 Å². The van der Waals surface area contributed by atoms with Gasteiger partial charge in [-0.2, -0.15) is 0 Å². The average molecular weight is 677 g/mol. The number of esters is 7. The average Bonchev–Trinajstić information content (AvgIpc) is 2.94. The molecule has 0 saturated carbocycles. The predicted octanol–water partition coefficient (Wildman–Crippen LogP) is -0.191. The van der Waals surface area contributed by atoms with Crippen molar-refractivity contribution in [3.63, 3.8) is 0 Å². The standard InChI is InChI=1S/C29H40O18/c1-9-10-37-28-26(43-18(7)35)25(42-17(6)34)23(21(45-28)12-39-14(3)31)47-29-27(44-19(8)36)24(41-16(5)33)22(40-15(4)32)20(46-29)11-38-13(2)30/h9,20-29H,1,10-12H2,2-8H3/t20?,21?,22-,23-,24+,25+,26?,27?,28-,29?/m1/s1. The minimum Gasteiger partial charge on any atom is -0.463 e. The zero-order valence-electron chi connectivity index (χ0n) is 27.0. The van der Waals surface area contributed by atoms with Gasteiger partial charge in [-0.3, -0.25) is 33.6 Å². The van der Waals surface area contributed by atoms with Crippen molar-refractivity contribution in [1.82, 2.24) is 0 Å². The van der Waals surface area contributed by atoms with E-state index in [1.54, 1.807) is 0 Å². The van der Waals surface area contributed by atoms with Crippen LogP contribution >= 0.6 is 0 Å². The highest BCUT2D eigenvalue weighted by Gasteiger charge is 2.57. The van der Waals surface area contributed by atoms with Crippen LogP contribution in [-0.4, -0.2) is 123 Å². The van der Waals surface area contributed by atoms with Gasteiger partial charge in [0, 0.05) is 48.5 Å². The van der Waals surface area contributed by atoms with Crippen LogP contribution in [0.5, 0.6) is 0 Å². The maximum Gasteiger partial charge on any atom is 0.303 e. The third kappa shape index (κ3) is 12.2. The summed E-state index contributed by atoms with van der Waals surface area (Å²) in [7, 11) is 0. The van der Waals surface area contributed by atoms with Crippen LogP contribution in [0.4, 0.5) is 0 Å². The van der Waals surface area contributed by atoms with Gasteiger partial charge >= 0.3 is 41.8 Å². The zero-order valence-corrected chi connectivity index (χ0v) is 27.0. The first-order valence-corrected chi connectivity index (χ1v) is 14.4. The second-order valence-corrected chi connectivity index (χ2v) is 10.3. The summed E-state index contributed by atoms with van der Waals surface area (Å²) >= 11 is 0. The van der Waals surface area contributed by atoms with Gasteiger partial charge in [0.25, 0.3) is 0 Å². The lowest BCUT2D eigenvalue weighted by Gasteiger charge is -2.48. The lowest BCUT2D eigenvalue weighted by molar-refractivity contribution is -0.360. The molecule has 2 heterocycles. The molecule has 0 radical (unpaired) electrons. The van der Waals surface area contributed by atoms with Crippen molar-refractivity contribution in [2.45, 2.75) is 110 Å². The molecule has 2 aliphatic rings. The van der Waals surface area contributed by atoms with E-state index in [-0.39, 0.29) is 6.61 Å². The van der Waals surface area contributed by atoms with Crippen molar-refractivity contribution in [3.8, 4) is 0 Å². The zero-order chi connectivity index (χ0) is 35.4. The molecule has 0 aliphatic carbocycles. The number of ether oxygens (including phenoxy) is 11. The van der Waals surface area contributed by atoms with Gasteiger partial charge in [-0.1, -0.05) is 6.08 Å². The number of hydrogen-bond acceptors (Lipinski definition) is 18. The third-order valence-electron chi connectivity index (χ3n) is 6.26. The Labute approximate surface area is 270 Å². The van der Waals surface area contributed by atoms with Gasteiger partial charge < -0.3 is 52.1 Å². The van der Waals surface area contributed by atoms with Gasteiger partial charge in [-0.05, 0) is 0 Å². The molecule has 2 fully saturated rings. The summed E-state index contributed by atoms with van der Waals surface area (Å²) in [5.74, 6) is -5.81. The highest BCUT2D eigenvalue weighted by Crippen LogP contribution is 2.35. The van der Waals surface area contributed by atoms with Crippen molar-refractivity contribution < 1.29 is 85.7 Å². The van der Waals surface area contributed by atoms with E-state index in [9.17, 15) is 33.6 Å². The molecule has 2 saturated heterocycles. The molecule has 18 heteroatoms. The van der Waals surface area contributed by atoms with Gasteiger partial charge in [0.1, 0.15) is 31.5 Å². The predicted molar refractivity (Wildman–Crippen MR) is 149 cm³/mol. The smallest absolute Gasteiger partial charge is 0.303 e. The van der Waals surface area contributed by atoms with Crippen molar-refractivity contribution >= 4 is 41.8 Å². The Kier molecular flexibility index (Phi) is 15.2. The van der Waals surface area contributed by atoms with E-state index in [1.165, 1.54) is 6.08 Å². The molecule has 10 atom stereocenters. The second kappa shape index (κ2) is 18.3. The molecule has 2 rings (SSSR count). The molecule has 264 valence electrons. The molecule has 5 unspecified atom stereocenters. The number of carbonyl (C=O) groups excluding carboxylic acids is 7. The Morgan fingerprint density at radius 3 is 1.30 bits per heavy atom. The Bertz CT molecular complexity index is 1170. The first-order chi connectivity index (χ1) is 22.0. The number of hydrogen-bond donors (Lipinski definition) is 0. The van der Waals surface area contributed by atoms with Crippen LogP contribution in [0.15, 0.2) is 12.7 Å². The lowest BCUT2D eigenvalue weighted by atomic mass is 9.96. The van der Waals surface area contributed by atoms with E-state index in [2.05, 4.69) is 6.58 Å². The SMILES string of the molecule is C=CCO[C@@H]1OC(COC(C)=O)[C@@H](OC2OC(COC(C)=O)[C@@H](OC(C)=O)[C@H](OC(C)=O)C2OC(C)=O)[C@H](OC(C)=O)C1OC(C)=O. The molecule has 0 aromatic carbocycles. The third-order valence-corrected chi connectivity index (χ3v) is 6.26. The molecule has 47 heavy (non-hydrogen) atoms. The summed E-state index contributed by atoms with van der Waals surface area (Å²) in [6.45, 7) is 9.85. The Morgan fingerprint density at radius 1 is 0.511 bits per heavy atom. The topological polar surface area (TPSA) is 221 Å². The minimum absolute atomic E-state index is 0.110. The minimum atomic E-state index is -1.77. The van der Waals surface area contributed by atoms with Crippen molar-refractivity contribution in [2.24, 2.45) is 0 Å². The maximum absolute atomic E-state index is 12.3. The summed E-state index contributed by atoms with van der Waals surface area (Å²) in [5.41, 5.74) is 0. The van der Waals surface area contributed by atoms with Crippen LogP contribution in [0.3, 0.4) is 0 Å². The molecular weight excluding hydrogens is 636 g/mol. The molecular formula is C29H40O18. The maximum atomic E-state index is 12.3. The number of rotatable bonds is 14. The van der Waals surface area contributed by atoms with Crippen LogP contribution < -0.4 is 0 Å². The molecule has 0 bridgehead atoms. The molecule has 0 amide bonds. The van der Waals surface area contributed by atoms with Crippen LogP contribution in [0.25, 0.3) is 0 Å². The molecule has 18 nitrogen and oxygen atoms in total. The molecule has 0 aromatic heterocycles. The van der Waals surface area contributed by atoms with E-state index < -0.39 is 116 Å². The normalized spacial score (nSPS) is 30.1. The van der Waals surface area contributed by atoms with E-state index in [4.69, 9.17) is 52.1 Å². The summed E-state index contributed by atoms with van der Waals surface area (Å²) in [4.78, 5) is 84.6. The summed E-state index contributed by atoms with van der Waals surface area (Å²) in [6.07, 6.45) is -13.9. The van der Waals surface area contributed by atoms with Gasteiger partial charge in [-0.15, -0.1) is 6.58 Å². The first-order valence-electron chi connectivity index (χ1n) is 14.4. The molecule has 0 N–H and O–H groups in total. The van der Waals surface area contributed by atoms with Crippen LogP contribution in [0.2, 0.25) is 0 Å². The molecule has 2 aliphatic heterocycles. The van der Waals surface area contributed by atoms with Crippen LogP contribution in [0.1, 0.15) is 48.5 Å². The van der Waals surface area contributed by atoms with Crippen molar-refractivity contribution in [2.75, 3.05) is 19.8 Å². The van der Waals surface area contributed by atoms with Crippen LogP contribution in [0, 0.1) is 0 Å². The fourth-order valence-electron chi connectivity index (χ4n) is 4.77. The lowest BCUT2D eigenvalue weighted by Crippen LogP contribution is -2.67. The summed E-state index contributed by atoms with van der Waals surface area (Å²) < 4.78 is 61.3. The fraction of sp³-hybridized carbons (Fsp3) is 0.690. The van der Waals surface area contributed by atoms with Crippen molar-refractivity contribution in [3.05, 3.63) is 12.7 Å². The Balaban J connectivity index is 2.72. The molecule has 0 aromatic rings. The highest BCUT2D eigenvalue weighted by atomic mass is 16.8. The quantitative estimate of drug-likeness (QED) is 0.132. The van der Waals surface area contributed by atoms with E-state index >= 15 is 0 Å². The van der Waals surface area contributed by atoms with E-state index in [1.807, 2.05) is 0 Å². The van der Waals surface area contributed by atoms with Crippen LogP contribution in [-0.2, 0) is 85.7 Å². The van der Waals surface area contributed by atoms with E-state index in [0.717, 1.165) is 48.5 Å². The monoisotopic (exact) mass is 676 g/mol. The Morgan fingerprint density at radius 2 is 0.872 bits per heavy atom. The Hall–Kier alpha value is -4.13. The fourth-order valence-corrected chi connectivity index (χ4v) is 4.77. The first kappa shape index (κ1) is 39.1. The van der Waals surface area contributed by atoms with E-state index in [0.29, 0.717) is 0 Å². The van der Waals surface area contributed by atoms with Gasteiger partial charge in [0.15, 0.2) is 43.1 Å². The largest absolute Gasteiger partial charge is 0.463 e. The molecule has 0 spiro atoms. The van der Waals surface area contributed by atoms with Gasteiger partial charge in [-0.25, -0.2) is 0 Å². The summed E-state index contributed by atoms with van der Waals surface area (Å²) in [5, 5.41) is 0.